The molecule has 1 aliphatic carbocycles. The van der Waals surface area contributed by atoms with E-state index >= 15 is 0 Å². The van der Waals surface area contributed by atoms with Crippen LogP contribution in [0.4, 0.5) is 0 Å². The van der Waals surface area contributed by atoms with Crippen molar-refractivity contribution in [2.45, 2.75) is 30.3 Å². The molecule has 4 atom stereocenters. The van der Waals surface area contributed by atoms with Crippen molar-refractivity contribution < 1.29 is 33.7 Å². The van der Waals surface area contributed by atoms with Gasteiger partial charge in [-0.15, -0.1) is 0 Å². The van der Waals surface area contributed by atoms with Gasteiger partial charge in [0.05, 0.1) is 17.7 Å². The monoisotopic (exact) mass is 382 g/mol. The number of fused-ring (bicyclic) bond motifs is 3. The fourth-order valence-electron chi connectivity index (χ4n) is 3.48. The fourth-order valence-corrected chi connectivity index (χ4v) is 3.48. The molecule has 3 aliphatic rings. The predicted molar refractivity (Wildman–Crippen MR) is 95.6 cm³/mol. The standard InChI is InChI=1S/C21H18O7/c22-16-11-15-17(27-19(23)13-7-3-1-4-8-13)18(21(16,25)12-26-15)28-20(24)14-9-5-2-6-10-14/h1-10,15,17-18,25H,11-12H2. The van der Waals surface area contributed by atoms with E-state index in [-0.39, 0.29) is 18.6 Å². The molecule has 5 rings (SSSR count). The van der Waals surface area contributed by atoms with E-state index in [4.69, 9.17) is 14.2 Å². The first-order valence-electron chi connectivity index (χ1n) is 8.88. The second-order valence-electron chi connectivity index (χ2n) is 6.83. The van der Waals surface area contributed by atoms with Crippen LogP contribution in [-0.2, 0) is 19.0 Å². The van der Waals surface area contributed by atoms with Crippen molar-refractivity contribution in [1.82, 2.24) is 0 Å². The lowest BCUT2D eigenvalue weighted by Crippen LogP contribution is -2.72. The third-order valence-corrected chi connectivity index (χ3v) is 5.02. The van der Waals surface area contributed by atoms with Crippen molar-refractivity contribution in [1.29, 1.82) is 0 Å². The summed E-state index contributed by atoms with van der Waals surface area (Å²) in [5.41, 5.74) is -1.50. The summed E-state index contributed by atoms with van der Waals surface area (Å²) < 4.78 is 16.5. The Kier molecular flexibility index (Phi) is 4.70. The predicted octanol–water partition coefficient (Wildman–Crippen LogP) is 1.54. The molecule has 28 heavy (non-hydrogen) atoms. The highest BCUT2D eigenvalue weighted by Gasteiger charge is 2.63. The first-order valence-corrected chi connectivity index (χ1v) is 8.88. The molecule has 144 valence electrons. The molecule has 2 aromatic carbocycles. The molecule has 7 heteroatoms. The van der Waals surface area contributed by atoms with Crippen LogP contribution in [0.1, 0.15) is 27.1 Å². The van der Waals surface area contributed by atoms with Crippen molar-refractivity contribution in [3.63, 3.8) is 0 Å². The van der Waals surface area contributed by atoms with E-state index in [2.05, 4.69) is 0 Å². The van der Waals surface area contributed by atoms with Gasteiger partial charge in [-0.25, -0.2) is 9.59 Å². The zero-order chi connectivity index (χ0) is 19.7. The summed E-state index contributed by atoms with van der Waals surface area (Å²) >= 11 is 0. The highest BCUT2D eigenvalue weighted by atomic mass is 16.6. The zero-order valence-corrected chi connectivity index (χ0v) is 14.8. The molecule has 2 aliphatic heterocycles. The summed E-state index contributed by atoms with van der Waals surface area (Å²) in [6, 6.07) is 16.5. The minimum absolute atomic E-state index is 0.122. The van der Waals surface area contributed by atoms with E-state index in [0.717, 1.165) is 0 Å². The minimum Gasteiger partial charge on any atom is -0.452 e. The van der Waals surface area contributed by atoms with Gasteiger partial charge < -0.3 is 19.3 Å². The van der Waals surface area contributed by atoms with Crippen LogP contribution >= 0.6 is 0 Å². The van der Waals surface area contributed by atoms with Crippen LogP contribution in [-0.4, -0.2) is 53.3 Å². The highest BCUT2D eigenvalue weighted by molar-refractivity contribution is 5.94. The number of hydrogen-bond acceptors (Lipinski definition) is 7. The van der Waals surface area contributed by atoms with E-state index in [1.807, 2.05) is 0 Å². The van der Waals surface area contributed by atoms with Gasteiger partial charge in [0.1, 0.15) is 6.10 Å². The normalized spacial score (nSPS) is 28.6. The number of rotatable bonds is 4. The van der Waals surface area contributed by atoms with Crippen molar-refractivity contribution >= 4 is 17.7 Å². The van der Waals surface area contributed by atoms with Crippen LogP contribution < -0.4 is 0 Å². The van der Waals surface area contributed by atoms with Gasteiger partial charge >= 0.3 is 11.9 Å². The lowest BCUT2D eigenvalue weighted by molar-refractivity contribution is -0.250. The van der Waals surface area contributed by atoms with Crippen LogP contribution in [0.25, 0.3) is 0 Å². The van der Waals surface area contributed by atoms with Crippen LogP contribution in [0.5, 0.6) is 0 Å². The average Bonchev–Trinajstić information content (AvgIpc) is 2.72. The molecule has 0 radical (unpaired) electrons. The molecule has 0 amide bonds. The molecule has 2 saturated heterocycles. The number of esters is 2. The fraction of sp³-hybridized carbons (Fsp3) is 0.286. The maximum atomic E-state index is 12.5. The largest absolute Gasteiger partial charge is 0.452 e. The quantitative estimate of drug-likeness (QED) is 0.801. The van der Waals surface area contributed by atoms with Gasteiger partial charge in [0.2, 0.25) is 0 Å². The summed E-state index contributed by atoms with van der Waals surface area (Å²) in [5, 5.41) is 10.9. The number of ketones is 1. The summed E-state index contributed by atoms with van der Waals surface area (Å²) in [4.78, 5) is 37.4. The van der Waals surface area contributed by atoms with Gasteiger partial charge in [0.25, 0.3) is 0 Å². The Balaban J connectivity index is 1.60. The van der Waals surface area contributed by atoms with Crippen molar-refractivity contribution in [3.8, 4) is 0 Å². The molecule has 1 N–H and O–H groups in total. The molecule has 4 unspecified atom stereocenters. The van der Waals surface area contributed by atoms with E-state index in [9.17, 15) is 19.5 Å². The maximum Gasteiger partial charge on any atom is 0.338 e. The van der Waals surface area contributed by atoms with Gasteiger partial charge in [0.15, 0.2) is 23.6 Å². The SMILES string of the molecule is O=C(OC1C2CC(=O)C(O)(CO2)C1OC(=O)c1ccccc1)c1ccccc1. The third-order valence-electron chi connectivity index (χ3n) is 5.02. The van der Waals surface area contributed by atoms with Gasteiger partial charge in [-0.05, 0) is 24.3 Å². The van der Waals surface area contributed by atoms with E-state index < -0.39 is 41.6 Å². The number of carbonyl (C=O) groups is 3. The van der Waals surface area contributed by atoms with Crippen LogP contribution in [0.2, 0.25) is 0 Å². The van der Waals surface area contributed by atoms with Crippen molar-refractivity contribution in [2.75, 3.05) is 6.61 Å². The number of hydrogen-bond donors (Lipinski definition) is 1. The second kappa shape index (κ2) is 7.18. The molecule has 2 heterocycles. The topological polar surface area (TPSA) is 99.1 Å². The molecule has 1 saturated carbocycles. The van der Waals surface area contributed by atoms with Crippen molar-refractivity contribution in [2.24, 2.45) is 0 Å². The van der Waals surface area contributed by atoms with Gasteiger partial charge in [-0.1, -0.05) is 36.4 Å². The number of aliphatic hydroxyl groups is 1. The molecule has 3 fully saturated rings. The summed E-state index contributed by atoms with van der Waals surface area (Å²) in [7, 11) is 0. The van der Waals surface area contributed by atoms with Gasteiger partial charge in [0, 0.05) is 6.42 Å². The Morgan fingerprint density at radius 1 is 0.929 bits per heavy atom. The highest BCUT2D eigenvalue weighted by Crippen LogP contribution is 2.38. The molecule has 7 nitrogen and oxygen atoms in total. The number of carbonyl (C=O) groups excluding carboxylic acids is 3. The number of benzene rings is 2. The van der Waals surface area contributed by atoms with Crippen LogP contribution in [0.3, 0.4) is 0 Å². The summed E-state index contributed by atoms with van der Waals surface area (Å²) in [6.07, 6.45) is -3.37. The maximum absolute atomic E-state index is 12.5. The van der Waals surface area contributed by atoms with Crippen LogP contribution in [0.15, 0.2) is 60.7 Å². The Morgan fingerprint density at radius 2 is 1.46 bits per heavy atom. The van der Waals surface area contributed by atoms with E-state index in [1.165, 1.54) is 0 Å². The van der Waals surface area contributed by atoms with Crippen molar-refractivity contribution in [3.05, 3.63) is 71.8 Å². The molecule has 0 spiro atoms. The smallest absolute Gasteiger partial charge is 0.338 e. The molecule has 2 aromatic rings. The van der Waals surface area contributed by atoms with E-state index in [0.29, 0.717) is 5.56 Å². The number of Topliss-reactive ketones (excluding diaryl/α,β-unsaturated/α-hetero) is 1. The first kappa shape index (κ1) is 18.3. The lowest BCUT2D eigenvalue weighted by atomic mass is 9.75. The Bertz CT molecular complexity index is 895. The van der Waals surface area contributed by atoms with Crippen LogP contribution in [0, 0.1) is 0 Å². The van der Waals surface area contributed by atoms with Gasteiger partial charge in [-0.2, -0.15) is 0 Å². The molecule has 0 aromatic heterocycles. The van der Waals surface area contributed by atoms with E-state index in [1.54, 1.807) is 60.7 Å². The molecule has 2 bridgehead atoms. The zero-order valence-electron chi connectivity index (χ0n) is 14.8. The second-order valence-corrected chi connectivity index (χ2v) is 6.83. The Morgan fingerprint density at radius 3 is 2.00 bits per heavy atom. The Hall–Kier alpha value is -3.03. The number of ether oxygens (including phenoxy) is 3. The molecular formula is C21H18O7. The minimum atomic E-state index is -2.05. The Labute approximate surface area is 160 Å². The summed E-state index contributed by atoms with van der Waals surface area (Å²) in [5.74, 6) is -1.87. The van der Waals surface area contributed by atoms with Gasteiger partial charge in [-0.3, -0.25) is 4.79 Å². The average molecular weight is 382 g/mol. The summed E-state index contributed by atoms with van der Waals surface area (Å²) in [6.45, 7) is -0.317. The first-order chi connectivity index (χ1) is 13.5. The third kappa shape index (κ3) is 3.19. The lowest BCUT2D eigenvalue weighted by Gasteiger charge is -2.49. The molecular weight excluding hydrogens is 364 g/mol.